The molecule has 7 nitrogen and oxygen atoms in total. The van der Waals surface area contributed by atoms with Gasteiger partial charge in [0, 0.05) is 30.2 Å². The van der Waals surface area contributed by atoms with Gasteiger partial charge in [0.1, 0.15) is 18.9 Å². The second kappa shape index (κ2) is 7.96. The number of carbonyl (C=O) groups is 1. The quantitative estimate of drug-likeness (QED) is 0.732. The summed E-state index contributed by atoms with van der Waals surface area (Å²) in [6, 6.07) is 16.7. The molecule has 7 heteroatoms. The van der Waals surface area contributed by atoms with Crippen molar-refractivity contribution in [3.05, 3.63) is 66.5 Å². The number of hydrogen-bond donors (Lipinski definition) is 1. The number of nitrogens with one attached hydrogen (secondary N) is 1. The number of hydrogen-bond acceptors (Lipinski definition) is 6. The van der Waals surface area contributed by atoms with Gasteiger partial charge in [0.05, 0.1) is 0 Å². The number of nitrogens with zero attached hydrogens (tertiary/aromatic N) is 3. The average Bonchev–Trinajstić information content (AvgIpc) is 2.75. The summed E-state index contributed by atoms with van der Waals surface area (Å²) in [5, 5.41) is 2.85. The zero-order valence-electron chi connectivity index (χ0n) is 15.5. The lowest BCUT2D eigenvalue weighted by atomic mass is 10.2. The molecular formula is C21H20N4O3. The molecule has 1 aliphatic rings. The van der Waals surface area contributed by atoms with Gasteiger partial charge in [0.2, 0.25) is 5.95 Å². The molecule has 4 rings (SSSR count). The molecule has 3 aromatic rings. The van der Waals surface area contributed by atoms with Gasteiger partial charge in [-0.2, -0.15) is 0 Å². The van der Waals surface area contributed by atoms with Crippen molar-refractivity contribution in [1.29, 1.82) is 0 Å². The number of fused-ring (bicyclic) bond motifs is 1. The van der Waals surface area contributed by atoms with E-state index in [2.05, 4.69) is 15.3 Å². The molecule has 0 radical (unpaired) electrons. The van der Waals surface area contributed by atoms with Gasteiger partial charge in [0.15, 0.2) is 11.5 Å². The first-order valence-corrected chi connectivity index (χ1v) is 9.11. The fourth-order valence-electron chi connectivity index (χ4n) is 2.97. The Hall–Kier alpha value is -3.61. The molecule has 0 bridgehead atoms. The topological polar surface area (TPSA) is 76.6 Å². The van der Waals surface area contributed by atoms with Crippen molar-refractivity contribution >= 4 is 23.2 Å². The number of aromatic nitrogens is 2. The minimum atomic E-state index is -0.315. The summed E-state index contributed by atoms with van der Waals surface area (Å²) in [7, 11) is 0. The summed E-state index contributed by atoms with van der Waals surface area (Å²) in [6.07, 6.45) is 1.59. The zero-order valence-corrected chi connectivity index (χ0v) is 15.5. The normalized spacial score (nSPS) is 12.3. The molecule has 2 heterocycles. The number of ether oxygens (including phenoxy) is 2. The maximum absolute atomic E-state index is 12.7. The van der Waals surface area contributed by atoms with E-state index in [1.54, 1.807) is 30.5 Å². The number of rotatable bonds is 5. The molecule has 1 aromatic heterocycles. The van der Waals surface area contributed by atoms with Crippen molar-refractivity contribution in [3.8, 4) is 11.5 Å². The molecule has 1 amide bonds. The Morgan fingerprint density at radius 3 is 2.64 bits per heavy atom. The van der Waals surface area contributed by atoms with Gasteiger partial charge in [-0.3, -0.25) is 4.79 Å². The van der Waals surface area contributed by atoms with Crippen LogP contribution in [-0.2, 0) is 0 Å². The maximum atomic E-state index is 12.7. The molecule has 0 fully saturated rings. The van der Waals surface area contributed by atoms with Crippen LogP contribution in [-0.4, -0.2) is 35.6 Å². The van der Waals surface area contributed by atoms with Crippen LogP contribution in [0.5, 0.6) is 11.5 Å². The van der Waals surface area contributed by atoms with Gasteiger partial charge in [-0.1, -0.05) is 18.2 Å². The Kier molecular flexibility index (Phi) is 5.05. The molecule has 1 aliphatic heterocycles. The van der Waals surface area contributed by atoms with Crippen molar-refractivity contribution in [3.63, 3.8) is 0 Å². The van der Waals surface area contributed by atoms with Crippen LogP contribution in [0.2, 0.25) is 0 Å². The van der Waals surface area contributed by atoms with Crippen LogP contribution >= 0.6 is 0 Å². The van der Waals surface area contributed by atoms with E-state index in [1.807, 2.05) is 42.2 Å². The SMILES string of the molecule is CCN(c1ccccc1)c1nccc(C(=O)Nc2ccc3c(c2)OCCO3)n1. The third-order valence-corrected chi connectivity index (χ3v) is 4.30. The molecule has 0 aliphatic carbocycles. The Bertz CT molecular complexity index is 978. The minimum absolute atomic E-state index is 0.286. The fraction of sp³-hybridized carbons (Fsp3) is 0.190. The molecule has 0 saturated heterocycles. The summed E-state index contributed by atoms with van der Waals surface area (Å²) in [5.74, 6) is 1.46. The minimum Gasteiger partial charge on any atom is -0.486 e. The van der Waals surface area contributed by atoms with E-state index in [0.29, 0.717) is 42.9 Å². The van der Waals surface area contributed by atoms with Gasteiger partial charge in [0.25, 0.3) is 5.91 Å². The number of anilines is 3. The monoisotopic (exact) mass is 376 g/mol. The van der Waals surface area contributed by atoms with Gasteiger partial charge in [-0.15, -0.1) is 0 Å². The first-order valence-electron chi connectivity index (χ1n) is 9.11. The highest BCUT2D eigenvalue weighted by molar-refractivity contribution is 6.03. The van der Waals surface area contributed by atoms with E-state index in [9.17, 15) is 4.79 Å². The highest BCUT2D eigenvalue weighted by atomic mass is 16.6. The van der Waals surface area contributed by atoms with Crippen molar-refractivity contribution in [2.45, 2.75) is 6.92 Å². The highest BCUT2D eigenvalue weighted by Crippen LogP contribution is 2.32. The van der Waals surface area contributed by atoms with E-state index < -0.39 is 0 Å². The number of carbonyl (C=O) groups excluding carboxylic acids is 1. The Morgan fingerprint density at radius 1 is 1.07 bits per heavy atom. The van der Waals surface area contributed by atoms with Crippen molar-refractivity contribution in [2.24, 2.45) is 0 Å². The second-order valence-corrected chi connectivity index (χ2v) is 6.13. The predicted octanol–water partition coefficient (Wildman–Crippen LogP) is 3.66. The van der Waals surface area contributed by atoms with Crippen LogP contribution in [0.4, 0.5) is 17.3 Å². The fourth-order valence-corrected chi connectivity index (χ4v) is 2.97. The maximum Gasteiger partial charge on any atom is 0.274 e. The third kappa shape index (κ3) is 3.73. The Balaban J connectivity index is 1.54. The van der Waals surface area contributed by atoms with E-state index in [0.717, 1.165) is 5.69 Å². The molecule has 1 N–H and O–H groups in total. The third-order valence-electron chi connectivity index (χ3n) is 4.30. The van der Waals surface area contributed by atoms with Crippen LogP contribution in [0, 0.1) is 0 Å². The van der Waals surface area contributed by atoms with Crippen molar-refractivity contribution in [1.82, 2.24) is 9.97 Å². The van der Waals surface area contributed by atoms with E-state index in [1.165, 1.54) is 0 Å². The van der Waals surface area contributed by atoms with E-state index >= 15 is 0 Å². The lowest BCUT2D eigenvalue weighted by Crippen LogP contribution is -2.21. The lowest BCUT2D eigenvalue weighted by Gasteiger charge is -2.21. The summed E-state index contributed by atoms with van der Waals surface area (Å²) < 4.78 is 11.1. The molecule has 0 spiro atoms. The van der Waals surface area contributed by atoms with Gasteiger partial charge < -0.3 is 19.7 Å². The number of amides is 1. The predicted molar refractivity (Wildman–Crippen MR) is 107 cm³/mol. The largest absolute Gasteiger partial charge is 0.486 e. The van der Waals surface area contributed by atoms with Crippen molar-refractivity contribution < 1.29 is 14.3 Å². The highest BCUT2D eigenvalue weighted by Gasteiger charge is 2.16. The van der Waals surface area contributed by atoms with Crippen molar-refractivity contribution in [2.75, 3.05) is 30.0 Å². The second-order valence-electron chi connectivity index (χ2n) is 6.13. The van der Waals surface area contributed by atoms with E-state index in [4.69, 9.17) is 9.47 Å². The summed E-state index contributed by atoms with van der Waals surface area (Å²) in [4.78, 5) is 23.4. The van der Waals surface area contributed by atoms with E-state index in [-0.39, 0.29) is 11.6 Å². The molecular weight excluding hydrogens is 356 g/mol. The van der Waals surface area contributed by atoms with Crippen LogP contribution in [0.25, 0.3) is 0 Å². The van der Waals surface area contributed by atoms with Gasteiger partial charge in [-0.05, 0) is 37.3 Å². The first-order chi connectivity index (χ1) is 13.7. The molecule has 0 atom stereocenters. The van der Waals surface area contributed by atoms with Crippen LogP contribution in [0.1, 0.15) is 17.4 Å². The average molecular weight is 376 g/mol. The summed E-state index contributed by atoms with van der Waals surface area (Å²) in [6.45, 7) is 3.71. The smallest absolute Gasteiger partial charge is 0.274 e. The van der Waals surface area contributed by atoms with Crippen LogP contribution in [0.3, 0.4) is 0 Å². The van der Waals surface area contributed by atoms with Crippen LogP contribution < -0.4 is 19.7 Å². The number of para-hydroxylation sites is 1. The zero-order chi connectivity index (χ0) is 19.3. The molecule has 2 aromatic carbocycles. The van der Waals surface area contributed by atoms with Gasteiger partial charge >= 0.3 is 0 Å². The first kappa shape index (κ1) is 17.8. The standard InChI is InChI=1S/C21H20N4O3/c1-2-25(16-6-4-3-5-7-16)21-22-11-10-17(24-21)20(26)23-15-8-9-18-19(14-15)28-13-12-27-18/h3-11,14H,2,12-13H2,1H3,(H,23,26). The van der Waals surface area contributed by atoms with Crippen LogP contribution in [0.15, 0.2) is 60.8 Å². The lowest BCUT2D eigenvalue weighted by molar-refractivity contribution is 0.102. The van der Waals surface area contributed by atoms with Gasteiger partial charge in [-0.25, -0.2) is 9.97 Å². The molecule has 0 saturated carbocycles. The molecule has 142 valence electrons. The summed E-state index contributed by atoms with van der Waals surface area (Å²) >= 11 is 0. The Labute approximate surface area is 163 Å². The molecule has 28 heavy (non-hydrogen) atoms. The molecule has 0 unspecified atom stereocenters. The Morgan fingerprint density at radius 2 is 1.86 bits per heavy atom. The summed E-state index contributed by atoms with van der Waals surface area (Å²) in [5.41, 5.74) is 1.87. The number of benzene rings is 2.